The molecule has 18 heavy (non-hydrogen) atoms. The van der Waals surface area contributed by atoms with E-state index in [-0.39, 0.29) is 0 Å². The third kappa shape index (κ3) is 2.67. The Morgan fingerprint density at radius 1 is 1.28 bits per heavy atom. The van der Waals surface area contributed by atoms with Gasteiger partial charge in [0.1, 0.15) is 11.6 Å². The Morgan fingerprint density at radius 3 is 2.61 bits per heavy atom. The Hall–Kier alpha value is -0.670. The quantitative estimate of drug-likeness (QED) is 0.894. The fourth-order valence-corrected chi connectivity index (χ4v) is 2.88. The maximum Gasteiger partial charge on any atom is 0.149 e. The van der Waals surface area contributed by atoms with Gasteiger partial charge in [0.05, 0.1) is 10.0 Å². The lowest BCUT2D eigenvalue weighted by Gasteiger charge is -2.36. The van der Waals surface area contributed by atoms with E-state index in [1.54, 1.807) is 6.07 Å². The van der Waals surface area contributed by atoms with E-state index in [2.05, 4.69) is 29.0 Å². The molecule has 0 saturated carbocycles. The van der Waals surface area contributed by atoms with Crippen molar-refractivity contribution in [2.45, 2.75) is 20.3 Å². The summed E-state index contributed by atoms with van der Waals surface area (Å²) in [6.07, 6.45) is 1.18. The van der Waals surface area contributed by atoms with Gasteiger partial charge in [0.2, 0.25) is 0 Å². The van der Waals surface area contributed by atoms with E-state index in [0.717, 1.165) is 24.8 Å². The summed E-state index contributed by atoms with van der Waals surface area (Å²) < 4.78 is 0. The molecule has 2 rings (SSSR count). The van der Waals surface area contributed by atoms with E-state index in [1.165, 1.54) is 6.42 Å². The van der Waals surface area contributed by atoms with E-state index in [9.17, 15) is 0 Å². The van der Waals surface area contributed by atoms with Crippen LogP contribution in [-0.4, -0.2) is 25.1 Å². The third-order valence-corrected chi connectivity index (χ3v) is 4.35. The summed E-state index contributed by atoms with van der Waals surface area (Å²) in [5, 5.41) is 4.18. The minimum atomic E-state index is 0.560. The molecule has 2 atom stereocenters. The molecule has 0 spiro atoms. The zero-order valence-corrected chi connectivity index (χ0v) is 12.5. The van der Waals surface area contributed by atoms with E-state index < -0.39 is 0 Å². The topological polar surface area (TPSA) is 28.2 Å². The SMILES string of the molecule is CNc1nc(N2CCC(C)C(C)C2)c(Cl)cc1Cl. The van der Waals surface area contributed by atoms with Crippen LogP contribution in [0.2, 0.25) is 10.0 Å². The first kappa shape index (κ1) is 13.8. The molecule has 2 heterocycles. The summed E-state index contributed by atoms with van der Waals surface area (Å²) in [5.74, 6) is 2.94. The van der Waals surface area contributed by atoms with E-state index >= 15 is 0 Å². The first-order chi connectivity index (χ1) is 8.52. The van der Waals surface area contributed by atoms with E-state index in [4.69, 9.17) is 23.2 Å². The lowest BCUT2D eigenvalue weighted by atomic mass is 9.89. The largest absolute Gasteiger partial charge is 0.372 e. The standard InChI is InChI=1S/C13H19Cl2N3/c1-8-4-5-18(7-9(8)2)13-11(15)6-10(14)12(16-3)17-13/h6,8-9H,4-5,7H2,1-3H3,(H,16,17). The van der Waals surface area contributed by atoms with Gasteiger partial charge in [-0.2, -0.15) is 0 Å². The molecule has 1 saturated heterocycles. The second-order valence-electron chi connectivity index (χ2n) is 5.06. The highest BCUT2D eigenvalue weighted by atomic mass is 35.5. The van der Waals surface area contributed by atoms with Crippen LogP contribution in [0.15, 0.2) is 6.07 Å². The molecular formula is C13H19Cl2N3. The number of rotatable bonds is 2. The molecule has 0 radical (unpaired) electrons. The van der Waals surface area contributed by atoms with Crippen LogP contribution >= 0.6 is 23.2 Å². The zero-order chi connectivity index (χ0) is 13.3. The van der Waals surface area contributed by atoms with Crippen LogP contribution in [0, 0.1) is 11.8 Å². The molecule has 2 unspecified atom stereocenters. The van der Waals surface area contributed by atoms with Crippen LogP contribution < -0.4 is 10.2 Å². The lowest BCUT2D eigenvalue weighted by molar-refractivity contribution is 0.323. The first-order valence-corrected chi connectivity index (χ1v) is 7.07. The van der Waals surface area contributed by atoms with Crippen molar-refractivity contribution in [3.63, 3.8) is 0 Å². The molecule has 100 valence electrons. The molecule has 1 aromatic rings. The lowest BCUT2D eigenvalue weighted by Crippen LogP contribution is -2.39. The Morgan fingerprint density at radius 2 is 2.00 bits per heavy atom. The monoisotopic (exact) mass is 287 g/mol. The average Bonchev–Trinajstić information content (AvgIpc) is 2.33. The summed E-state index contributed by atoms with van der Waals surface area (Å²) >= 11 is 12.3. The number of pyridine rings is 1. The van der Waals surface area contributed by atoms with Gasteiger partial charge in [-0.1, -0.05) is 37.0 Å². The predicted octanol–water partition coefficient (Wildman–Crippen LogP) is 3.91. The van der Waals surface area contributed by atoms with Crippen molar-refractivity contribution < 1.29 is 0 Å². The molecule has 5 heteroatoms. The third-order valence-electron chi connectivity index (χ3n) is 3.78. The normalized spacial score (nSPS) is 24.2. The molecule has 3 nitrogen and oxygen atoms in total. The number of nitrogens with one attached hydrogen (secondary N) is 1. The number of hydrogen-bond acceptors (Lipinski definition) is 3. The van der Waals surface area contributed by atoms with Crippen LogP contribution in [0.1, 0.15) is 20.3 Å². The van der Waals surface area contributed by atoms with Gasteiger partial charge in [0.25, 0.3) is 0 Å². The van der Waals surface area contributed by atoms with Crippen molar-refractivity contribution in [2.75, 3.05) is 30.4 Å². The fraction of sp³-hybridized carbons (Fsp3) is 0.615. The number of aromatic nitrogens is 1. The molecule has 0 aliphatic carbocycles. The van der Waals surface area contributed by atoms with E-state index in [1.807, 2.05) is 7.05 Å². The van der Waals surface area contributed by atoms with Crippen molar-refractivity contribution in [3.05, 3.63) is 16.1 Å². The number of halogens is 2. The van der Waals surface area contributed by atoms with Crippen LogP contribution in [-0.2, 0) is 0 Å². The Kier molecular flexibility index (Phi) is 4.23. The van der Waals surface area contributed by atoms with Crippen molar-refractivity contribution in [1.82, 2.24) is 4.98 Å². The summed E-state index contributed by atoms with van der Waals surface area (Å²) in [5.41, 5.74) is 0. The van der Waals surface area contributed by atoms with Gasteiger partial charge >= 0.3 is 0 Å². The number of hydrogen-bond donors (Lipinski definition) is 1. The van der Waals surface area contributed by atoms with Crippen LogP contribution in [0.3, 0.4) is 0 Å². The highest BCUT2D eigenvalue weighted by Gasteiger charge is 2.25. The molecular weight excluding hydrogens is 269 g/mol. The molecule has 1 aromatic heterocycles. The summed E-state index contributed by atoms with van der Waals surface area (Å²) in [4.78, 5) is 6.78. The van der Waals surface area contributed by atoms with Gasteiger partial charge in [-0.25, -0.2) is 4.98 Å². The average molecular weight is 288 g/mol. The van der Waals surface area contributed by atoms with E-state index in [0.29, 0.717) is 21.8 Å². The van der Waals surface area contributed by atoms with Crippen LogP contribution in [0.4, 0.5) is 11.6 Å². The minimum Gasteiger partial charge on any atom is -0.372 e. The molecule has 0 bridgehead atoms. The second-order valence-corrected chi connectivity index (χ2v) is 5.88. The van der Waals surface area contributed by atoms with Crippen molar-refractivity contribution in [3.8, 4) is 0 Å². The highest BCUT2D eigenvalue weighted by molar-refractivity contribution is 6.37. The van der Waals surface area contributed by atoms with Gasteiger partial charge in [0.15, 0.2) is 0 Å². The Labute approximate surface area is 118 Å². The molecule has 1 fully saturated rings. The second kappa shape index (κ2) is 5.54. The number of anilines is 2. The zero-order valence-electron chi connectivity index (χ0n) is 11.0. The van der Waals surface area contributed by atoms with Gasteiger partial charge in [-0.3, -0.25) is 0 Å². The molecule has 1 aliphatic heterocycles. The number of piperidine rings is 1. The maximum atomic E-state index is 6.26. The van der Waals surface area contributed by atoms with Crippen LogP contribution in [0.5, 0.6) is 0 Å². The predicted molar refractivity (Wildman–Crippen MR) is 79.0 cm³/mol. The van der Waals surface area contributed by atoms with Crippen molar-refractivity contribution in [2.24, 2.45) is 11.8 Å². The molecule has 0 amide bonds. The van der Waals surface area contributed by atoms with Gasteiger partial charge in [0, 0.05) is 20.1 Å². The minimum absolute atomic E-state index is 0.560. The summed E-state index contributed by atoms with van der Waals surface area (Å²) in [6, 6.07) is 1.76. The molecule has 0 aromatic carbocycles. The summed E-state index contributed by atoms with van der Waals surface area (Å²) in [6.45, 7) is 6.58. The smallest absolute Gasteiger partial charge is 0.149 e. The Bertz CT molecular complexity index is 436. The Balaban J connectivity index is 2.28. The first-order valence-electron chi connectivity index (χ1n) is 6.31. The van der Waals surface area contributed by atoms with Crippen molar-refractivity contribution in [1.29, 1.82) is 0 Å². The van der Waals surface area contributed by atoms with Gasteiger partial charge in [-0.05, 0) is 24.3 Å². The van der Waals surface area contributed by atoms with Gasteiger partial charge in [-0.15, -0.1) is 0 Å². The van der Waals surface area contributed by atoms with Gasteiger partial charge < -0.3 is 10.2 Å². The van der Waals surface area contributed by atoms with Crippen molar-refractivity contribution >= 4 is 34.8 Å². The molecule has 1 N–H and O–H groups in total. The summed E-state index contributed by atoms with van der Waals surface area (Å²) in [7, 11) is 1.81. The highest BCUT2D eigenvalue weighted by Crippen LogP contribution is 2.34. The maximum absolute atomic E-state index is 6.26. The number of nitrogens with zero attached hydrogens (tertiary/aromatic N) is 2. The van der Waals surface area contributed by atoms with Crippen LogP contribution in [0.25, 0.3) is 0 Å². The fourth-order valence-electron chi connectivity index (χ4n) is 2.31. The molecule has 1 aliphatic rings.